The van der Waals surface area contributed by atoms with Crippen LogP contribution in [0.2, 0.25) is 0 Å². The van der Waals surface area contributed by atoms with E-state index in [-0.39, 0.29) is 0 Å². The average molecular weight is 360 g/mol. The molecule has 0 aliphatic carbocycles. The van der Waals surface area contributed by atoms with Crippen molar-refractivity contribution in [3.8, 4) is 0 Å². The van der Waals surface area contributed by atoms with E-state index in [1.807, 2.05) is 24.5 Å². The lowest BCUT2D eigenvalue weighted by atomic mass is 10.1. The molecule has 0 aliphatic heterocycles. The fraction of sp³-hybridized carbons (Fsp3) is 0.286. The Balaban J connectivity index is 2.24. The summed E-state index contributed by atoms with van der Waals surface area (Å²) in [5.41, 5.74) is 2.67. The minimum atomic E-state index is 0.951. The molecule has 0 fully saturated rings. The van der Waals surface area contributed by atoms with E-state index >= 15 is 0 Å². The summed E-state index contributed by atoms with van der Waals surface area (Å²) in [5, 5.41) is 0. The molecule has 0 bridgehead atoms. The van der Waals surface area contributed by atoms with Gasteiger partial charge < -0.3 is 4.42 Å². The maximum absolute atomic E-state index is 5.03. The van der Waals surface area contributed by atoms with Crippen molar-refractivity contribution in [1.82, 2.24) is 0 Å². The van der Waals surface area contributed by atoms with E-state index in [0.717, 1.165) is 22.7 Å². The largest absolute Gasteiger partial charge is 0.472 e. The number of hydrogen-bond acceptors (Lipinski definition) is 1. The second kappa shape index (κ2) is 8.54. The van der Waals surface area contributed by atoms with Crippen LogP contribution in [0.1, 0.15) is 25.3 Å². The Hall–Kier alpha value is -0.540. The minimum Gasteiger partial charge on any atom is -0.472 e. The van der Waals surface area contributed by atoms with Gasteiger partial charge in [0.15, 0.2) is 0 Å². The number of furan rings is 1. The molecule has 0 atom stereocenters. The summed E-state index contributed by atoms with van der Waals surface area (Å²) in [4.78, 5) is 0. The molecule has 92 valence electrons. The Labute approximate surface area is 120 Å². The zero-order valence-electron chi connectivity index (χ0n) is 9.83. The molecule has 1 aromatic rings. The Morgan fingerprint density at radius 1 is 1.29 bits per heavy atom. The second-order valence-corrected chi connectivity index (χ2v) is 6.61. The summed E-state index contributed by atoms with van der Waals surface area (Å²) in [6.07, 6.45) is 15.1. The van der Waals surface area contributed by atoms with E-state index in [0.29, 0.717) is 0 Å². The Morgan fingerprint density at radius 2 is 2.06 bits per heavy atom. The normalized spacial score (nSPS) is 12.1. The molecule has 0 amide bonds. The molecule has 1 aromatic heterocycles. The number of rotatable bonds is 6. The summed E-state index contributed by atoms with van der Waals surface area (Å²) in [6, 6.07) is 2.03. The maximum Gasteiger partial charge on any atom is 0.0934 e. The first kappa shape index (κ1) is 14.5. The van der Waals surface area contributed by atoms with Crippen molar-refractivity contribution < 1.29 is 4.42 Å². The molecule has 1 nitrogen and oxygen atoms in total. The number of aryl methyl sites for hydroxylation is 1. The van der Waals surface area contributed by atoms with Gasteiger partial charge in [0, 0.05) is 0 Å². The molecule has 0 spiro atoms. The number of halogens is 2. The van der Waals surface area contributed by atoms with Crippen molar-refractivity contribution >= 4 is 31.9 Å². The Kier molecular flexibility index (Phi) is 7.29. The summed E-state index contributed by atoms with van der Waals surface area (Å²) in [6.45, 7) is 2.16. The van der Waals surface area contributed by atoms with Crippen LogP contribution in [0.15, 0.2) is 56.3 Å². The summed E-state index contributed by atoms with van der Waals surface area (Å²) < 4.78 is 5.98. The lowest BCUT2D eigenvalue weighted by molar-refractivity contribution is 0.563. The van der Waals surface area contributed by atoms with Crippen molar-refractivity contribution in [1.29, 1.82) is 0 Å². The predicted octanol–water partition coefficient (Wildman–Crippen LogP) is 5.74. The first-order valence-corrected chi connectivity index (χ1v) is 7.13. The Bertz CT molecular complexity index is 396. The van der Waals surface area contributed by atoms with Crippen LogP contribution >= 0.6 is 31.9 Å². The van der Waals surface area contributed by atoms with Gasteiger partial charge in [0.05, 0.1) is 15.9 Å². The average Bonchev–Trinajstić information content (AvgIpc) is 2.77. The lowest BCUT2D eigenvalue weighted by Crippen LogP contribution is -1.83. The van der Waals surface area contributed by atoms with Crippen LogP contribution in [-0.2, 0) is 6.42 Å². The van der Waals surface area contributed by atoms with Crippen molar-refractivity contribution in [2.75, 3.05) is 0 Å². The fourth-order valence-electron chi connectivity index (χ4n) is 1.44. The van der Waals surface area contributed by atoms with Crippen LogP contribution in [0.3, 0.4) is 0 Å². The minimum absolute atomic E-state index is 0.951. The first-order chi connectivity index (χ1) is 8.18. The van der Waals surface area contributed by atoms with E-state index in [4.69, 9.17) is 4.42 Å². The summed E-state index contributed by atoms with van der Waals surface area (Å²) in [5.74, 6) is 0. The van der Waals surface area contributed by atoms with Gasteiger partial charge in [0.1, 0.15) is 0 Å². The van der Waals surface area contributed by atoms with Crippen LogP contribution < -0.4 is 0 Å². The highest BCUT2D eigenvalue weighted by molar-refractivity contribution is 9.28. The van der Waals surface area contributed by atoms with Crippen LogP contribution in [0.4, 0.5) is 0 Å². The third kappa shape index (κ3) is 7.40. The van der Waals surface area contributed by atoms with Gasteiger partial charge in [-0.15, -0.1) is 0 Å². The molecule has 17 heavy (non-hydrogen) atoms. The standard InChI is InChI=1S/C14H16Br2O/c1-12(5-2-3-8-14(15)16)6-4-7-13-9-10-17-11-13/h2-3,5,8-11H,4,6-7H2,1H3/b3-2+,12-5+. The Morgan fingerprint density at radius 3 is 2.71 bits per heavy atom. The predicted molar refractivity (Wildman–Crippen MR) is 80.5 cm³/mol. The zero-order valence-corrected chi connectivity index (χ0v) is 13.0. The topological polar surface area (TPSA) is 13.1 Å². The van der Waals surface area contributed by atoms with Crippen molar-refractivity contribution in [2.45, 2.75) is 26.2 Å². The molecule has 1 rings (SSSR count). The maximum atomic E-state index is 5.03. The molecule has 0 aliphatic rings. The molecule has 0 aromatic carbocycles. The van der Waals surface area contributed by atoms with Crippen LogP contribution in [0.25, 0.3) is 0 Å². The van der Waals surface area contributed by atoms with Crippen molar-refractivity contribution in [2.24, 2.45) is 0 Å². The van der Waals surface area contributed by atoms with Crippen molar-refractivity contribution in [3.63, 3.8) is 0 Å². The second-order valence-electron chi connectivity index (χ2n) is 3.84. The van der Waals surface area contributed by atoms with Gasteiger partial charge >= 0.3 is 0 Å². The highest BCUT2D eigenvalue weighted by Crippen LogP contribution is 2.13. The third-order valence-electron chi connectivity index (χ3n) is 2.33. The van der Waals surface area contributed by atoms with Crippen LogP contribution in [-0.4, -0.2) is 0 Å². The van der Waals surface area contributed by atoms with Gasteiger partial charge in [0.2, 0.25) is 0 Å². The molecular weight excluding hydrogens is 344 g/mol. The van der Waals surface area contributed by atoms with E-state index in [2.05, 4.69) is 50.9 Å². The highest BCUT2D eigenvalue weighted by atomic mass is 79.9. The molecule has 1 heterocycles. The smallest absolute Gasteiger partial charge is 0.0934 e. The number of hydrogen-bond donors (Lipinski definition) is 0. The third-order valence-corrected chi connectivity index (χ3v) is 2.86. The molecule has 0 N–H and O–H groups in total. The molecule has 0 unspecified atom stereocenters. The molecular formula is C14H16Br2O. The van der Waals surface area contributed by atoms with Crippen LogP contribution in [0, 0.1) is 0 Å². The number of allylic oxidation sites excluding steroid dienone is 5. The van der Waals surface area contributed by atoms with Crippen LogP contribution in [0.5, 0.6) is 0 Å². The van der Waals surface area contributed by atoms with Gasteiger partial charge in [-0.3, -0.25) is 0 Å². The van der Waals surface area contributed by atoms with E-state index in [1.54, 1.807) is 6.26 Å². The zero-order chi connectivity index (χ0) is 12.5. The molecule has 0 radical (unpaired) electrons. The molecule has 0 saturated heterocycles. The lowest BCUT2D eigenvalue weighted by Gasteiger charge is -1.98. The summed E-state index contributed by atoms with van der Waals surface area (Å²) >= 11 is 6.61. The van der Waals surface area contributed by atoms with Gasteiger partial charge in [-0.2, -0.15) is 0 Å². The van der Waals surface area contributed by atoms with Gasteiger partial charge in [0.25, 0.3) is 0 Å². The van der Waals surface area contributed by atoms with Gasteiger partial charge in [-0.05, 0) is 75.8 Å². The quantitative estimate of drug-likeness (QED) is 0.590. The monoisotopic (exact) mass is 358 g/mol. The van der Waals surface area contributed by atoms with E-state index in [1.165, 1.54) is 11.1 Å². The van der Waals surface area contributed by atoms with E-state index < -0.39 is 0 Å². The molecule has 3 heteroatoms. The van der Waals surface area contributed by atoms with E-state index in [9.17, 15) is 0 Å². The molecule has 0 saturated carbocycles. The van der Waals surface area contributed by atoms with Gasteiger partial charge in [-0.25, -0.2) is 0 Å². The van der Waals surface area contributed by atoms with Gasteiger partial charge in [-0.1, -0.05) is 23.8 Å². The summed E-state index contributed by atoms with van der Waals surface area (Å²) in [7, 11) is 0. The highest BCUT2D eigenvalue weighted by Gasteiger charge is 1.94. The fourth-order valence-corrected chi connectivity index (χ4v) is 1.74. The van der Waals surface area contributed by atoms with Crippen molar-refractivity contribution in [3.05, 3.63) is 57.4 Å². The first-order valence-electron chi connectivity index (χ1n) is 5.54. The SMILES string of the molecule is C/C(=C\C=C\C=C(Br)Br)CCCc1ccoc1.